The molecule has 0 radical (unpaired) electrons. The lowest BCUT2D eigenvalue weighted by molar-refractivity contribution is -0.293. The van der Waals surface area contributed by atoms with E-state index >= 15 is 0 Å². The van der Waals surface area contributed by atoms with E-state index < -0.39 is 36.8 Å². The molecule has 0 aliphatic rings. The number of ether oxygens (including phenoxy) is 1. The van der Waals surface area contributed by atoms with Crippen molar-refractivity contribution < 1.29 is 28.8 Å². The van der Waals surface area contributed by atoms with Crippen molar-refractivity contribution in [1.29, 1.82) is 0 Å². The van der Waals surface area contributed by atoms with Crippen LogP contribution in [0.15, 0.2) is 17.1 Å². The highest BCUT2D eigenvalue weighted by atomic mass is 19.3. The molecule has 1 unspecified atom stereocenters. The predicted molar refractivity (Wildman–Crippen MR) is 62.8 cm³/mol. The molecule has 1 rings (SSSR count). The van der Waals surface area contributed by atoms with Crippen molar-refractivity contribution in [3.63, 3.8) is 0 Å². The normalized spacial score (nSPS) is 16.4. The molecule has 0 saturated heterocycles. The molecule has 0 fully saturated rings. The quantitative estimate of drug-likeness (QED) is 0.478. The SMILES string of the molecule is C[C@@H](OC(CO)(C(O)O)C(F)F)n1ccc(N)nc1=O. The van der Waals surface area contributed by atoms with E-state index in [0.29, 0.717) is 0 Å². The van der Waals surface area contributed by atoms with E-state index in [1.807, 2.05) is 0 Å². The Kier molecular flexibility index (Phi) is 5.11. The van der Waals surface area contributed by atoms with Gasteiger partial charge in [0, 0.05) is 6.20 Å². The van der Waals surface area contributed by atoms with Crippen molar-refractivity contribution in [3.05, 3.63) is 22.7 Å². The average Bonchev–Trinajstić information content (AvgIpc) is 2.34. The Morgan fingerprint density at radius 2 is 2.15 bits per heavy atom. The molecule has 1 heterocycles. The molecule has 20 heavy (non-hydrogen) atoms. The van der Waals surface area contributed by atoms with Crippen molar-refractivity contribution in [2.75, 3.05) is 12.3 Å². The highest BCUT2D eigenvalue weighted by Gasteiger charge is 2.49. The minimum atomic E-state index is -3.40. The van der Waals surface area contributed by atoms with Crippen LogP contribution in [0, 0.1) is 0 Å². The minimum absolute atomic E-state index is 0.0667. The maximum absolute atomic E-state index is 12.9. The van der Waals surface area contributed by atoms with Gasteiger partial charge in [-0.3, -0.25) is 4.57 Å². The molecule has 114 valence electrons. The second-order valence-electron chi connectivity index (χ2n) is 4.05. The number of halogens is 2. The second-order valence-corrected chi connectivity index (χ2v) is 4.05. The molecule has 0 aliphatic carbocycles. The fourth-order valence-corrected chi connectivity index (χ4v) is 1.49. The van der Waals surface area contributed by atoms with Crippen molar-refractivity contribution in [2.24, 2.45) is 0 Å². The van der Waals surface area contributed by atoms with Gasteiger partial charge in [-0.15, -0.1) is 0 Å². The fraction of sp³-hybridized carbons (Fsp3) is 0.600. The number of nitrogens with two attached hydrogens (primary N) is 1. The van der Waals surface area contributed by atoms with E-state index in [2.05, 4.69) is 4.98 Å². The molecule has 2 atom stereocenters. The van der Waals surface area contributed by atoms with Crippen LogP contribution in [0.4, 0.5) is 14.6 Å². The molecule has 0 amide bonds. The topological polar surface area (TPSA) is 131 Å². The van der Waals surface area contributed by atoms with Gasteiger partial charge in [0.25, 0.3) is 6.43 Å². The zero-order valence-corrected chi connectivity index (χ0v) is 10.5. The second kappa shape index (κ2) is 6.22. The summed E-state index contributed by atoms with van der Waals surface area (Å²) in [5, 5.41) is 27.0. The number of rotatable bonds is 6. The lowest BCUT2D eigenvalue weighted by atomic mass is 10.1. The average molecular weight is 295 g/mol. The van der Waals surface area contributed by atoms with Crippen LogP contribution < -0.4 is 11.4 Å². The Hall–Kier alpha value is -1.62. The lowest BCUT2D eigenvalue weighted by Crippen LogP contribution is -2.55. The molecule has 5 N–H and O–H groups in total. The third-order valence-corrected chi connectivity index (χ3v) is 2.69. The molecule has 1 aromatic heterocycles. The van der Waals surface area contributed by atoms with Crippen molar-refractivity contribution in [1.82, 2.24) is 9.55 Å². The maximum Gasteiger partial charge on any atom is 0.351 e. The predicted octanol–water partition coefficient (Wildman–Crippen LogP) is -1.33. The standard InChI is InChI=1S/C10H15F2N3O5/c1-5(15-3-2-6(13)14-9(15)19)20-10(4-16,7(11)12)8(17)18/h2-3,5,7-8,16-18H,4H2,1H3,(H2,13,14,19)/t5-,10?/m1/s1. The number of hydrogen-bond acceptors (Lipinski definition) is 7. The van der Waals surface area contributed by atoms with E-state index in [4.69, 9.17) is 25.8 Å². The Balaban J connectivity index is 3.08. The molecular weight excluding hydrogens is 280 g/mol. The maximum atomic E-state index is 12.9. The van der Waals surface area contributed by atoms with Crippen LogP contribution in [0.3, 0.4) is 0 Å². The van der Waals surface area contributed by atoms with Crippen molar-refractivity contribution in [3.8, 4) is 0 Å². The first-order valence-electron chi connectivity index (χ1n) is 5.52. The van der Waals surface area contributed by atoms with Crippen LogP contribution in [0.2, 0.25) is 0 Å². The van der Waals surface area contributed by atoms with Gasteiger partial charge < -0.3 is 25.8 Å². The highest BCUT2D eigenvalue weighted by Crippen LogP contribution is 2.28. The van der Waals surface area contributed by atoms with E-state index in [1.54, 1.807) is 0 Å². The van der Waals surface area contributed by atoms with Gasteiger partial charge in [0.05, 0.1) is 6.61 Å². The summed E-state index contributed by atoms with van der Waals surface area (Å²) in [4.78, 5) is 14.9. The molecule has 1 aromatic rings. The number of alkyl halides is 2. The van der Waals surface area contributed by atoms with E-state index in [1.165, 1.54) is 13.0 Å². The lowest BCUT2D eigenvalue weighted by Gasteiger charge is -2.35. The molecular formula is C10H15F2N3O5. The Morgan fingerprint density at radius 3 is 2.55 bits per heavy atom. The third kappa shape index (κ3) is 3.10. The summed E-state index contributed by atoms with van der Waals surface area (Å²) in [5.74, 6) is -0.0667. The monoisotopic (exact) mass is 295 g/mol. The Morgan fingerprint density at radius 1 is 1.55 bits per heavy atom. The van der Waals surface area contributed by atoms with Gasteiger partial charge in [0.1, 0.15) is 12.0 Å². The van der Waals surface area contributed by atoms with Crippen molar-refractivity contribution >= 4 is 5.82 Å². The van der Waals surface area contributed by atoms with Gasteiger partial charge >= 0.3 is 5.69 Å². The summed E-state index contributed by atoms with van der Waals surface area (Å²) in [6.07, 6.45) is -6.23. The number of anilines is 1. The van der Waals surface area contributed by atoms with Crippen LogP contribution in [0.1, 0.15) is 13.2 Å². The number of aliphatic hydroxyl groups excluding tert-OH is 2. The number of aromatic nitrogens is 2. The summed E-state index contributed by atoms with van der Waals surface area (Å²) in [7, 11) is 0. The van der Waals surface area contributed by atoms with Crippen LogP contribution >= 0.6 is 0 Å². The van der Waals surface area contributed by atoms with Crippen molar-refractivity contribution in [2.45, 2.75) is 31.5 Å². The van der Waals surface area contributed by atoms with Gasteiger partial charge in [-0.05, 0) is 13.0 Å². The van der Waals surface area contributed by atoms with E-state index in [-0.39, 0.29) is 5.82 Å². The smallest absolute Gasteiger partial charge is 0.351 e. The van der Waals surface area contributed by atoms with Crippen LogP contribution in [-0.4, -0.2) is 49.8 Å². The van der Waals surface area contributed by atoms with Gasteiger partial charge in [-0.25, -0.2) is 13.6 Å². The molecule has 0 spiro atoms. The van der Waals surface area contributed by atoms with Gasteiger partial charge in [-0.2, -0.15) is 4.98 Å². The molecule has 0 aromatic carbocycles. The Labute approximate surface area is 112 Å². The van der Waals surface area contributed by atoms with E-state index in [0.717, 1.165) is 10.8 Å². The third-order valence-electron chi connectivity index (χ3n) is 2.69. The van der Waals surface area contributed by atoms with Gasteiger partial charge in [0.2, 0.25) is 5.60 Å². The summed E-state index contributed by atoms with van der Waals surface area (Å²) in [6.45, 7) is -0.154. The molecule has 0 bridgehead atoms. The zero-order chi connectivity index (χ0) is 15.5. The molecule has 0 aliphatic heterocycles. The molecule has 8 nitrogen and oxygen atoms in total. The largest absolute Gasteiger partial charge is 0.393 e. The summed E-state index contributed by atoms with van der Waals surface area (Å²) >= 11 is 0. The van der Waals surface area contributed by atoms with E-state index in [9.17, 15) is 13.6 Å². The number of aliphatic hydroxyl groups is 3. The molecule has 0 saturated carbocycles. The number of hydrogen-bond donors (Lipinski definition) is 4. The van der Waals surface area contributed by atoms with Crippen LogP contribution in [0.5, 0.6) is 0 Å². The van der Waals surface area contributed by atoms with Crippen LogP contribution in [0.25, 0.3) is 0 Å². The summed E-state index contributed by atoms with van der Waals surface area (Å²) < 4.78 is 31.4. The first-order valence-corrected chi connectivity index (χ1v) is 5.52. The summed E-state index contributed by atoms with van der Waals surface area (Å²) in [6, 6.07) is 1.24. The molecule has 10 heteroatoms. The van der Waals surface area contributed by atoms with Gasteiger partial charge in [0.15, 0.2) is 6.29 Å². The zero-order valence-electron chi connectivity index (χ0n) is 10.5. The van der Waals surface area contributed by atoms with Gasteiger partial charge in [-0.1, -0.05) is 0 Å². The number of nitrogens with zero attached hydrogens (tertiary/aromatic N) is 2. The number of nitrogen functional groups attached to an aromatic ring is 1. The minimum Gasteiger partial charge on any atom is -0.393 e. The highest BCUT2D eigenvalue weighted by molar-refractivity contribution is 5.23. The fourth-order valence-electron chi connectivity index (χ4n) is 1.49. The first kappa shape index (κ1) is 16.4. The van der Waals surface area contributed by atoms with Crippen LogP contribution in [-0.2, 0) is 4.74 Å². The summed E-state index contributed by atoms with van der Waals surface area (Å²) in [5.41, 5.74) is 1.47. The Bertz CT molecular complexity index is 500. The first-order chi connectivity index (χ1) is 9.24.